The first-order valence-electron chi connectivity index (χ1n) is 6.29. The molecule has 2 aromatic heterocycles. The third-order valence-electron chi connectivity index (χ3n) is 2.51. The monoisotopic (exact) mass is 260 g/mol. The van der Waals surface area contributed by atoms with E-state index in [1.807, 2.05) is 0 Å². The predicted octanol–water partition coefficient (Wildman–Crippen LogP) is 1.99. The Balaban J connectivity index is 1.79. The summed E-state index contributed by atoms with van der Waals surface area (Å²) >= 11 is 0. The Morgan fingerprint density at radius 1 is 1.32 bits per heavy atom. The number of hydrogen-bond donors (Lipinski definition) is 1. The van der Waals surface area contributed by atoms with E-state index >= 15 is 0 Å². The summed E-state index contributed by atoms with van der Waals surface area (Å²) in [6.07, 6.45) is 5.80. The molecule has 6 nitrogen and oxygen atoms in total. The standard InChI is InChI=1S/C13H16N4O2/c1-2-3-11-16-13(19-17-11)5-4-12(18)15-10-6-8-14-9-7-10/h6-9H,2-5H2,1H3,(H,14,15,18). The lowest BCUT2D eigenvalue weighted by molar-refractivity contribution is -0.116. The summed E-state index contributed by atoms with van der Waals surface area (Å²) in [5.41, 5.74) is 0.734. The minimum absolute atomic E-state index is 0.0820. The third-order valence-corrected chi connectivity index (χ3v) is 2.51. The van der Waals surface area contributed by atoms with Crippen LogP contribution in [0.25, 0.3) is 0 Å². The number of carbonyl (C=O) groups excluding carboxylic acids is 1. The molecule has 0 saturated carbocycles. The van der Waals surface area contributed by atoms with Gasteiger partial charge in [0.25, 0.3) is 0 Å². The van der Waals surface area contributed by atoms with Crippen LogP contribution in [0, 0.1) is 0 Å². The Labute approximate surface area is 111 Å². The first-order chi connectivity index (χ1) is 9.28. The molecule has 0 aliphatic carbocycles. The molecule has 0 aliphatic heterocycles. The van der Waals surface area contributed by atoms with Crippen LogP contribution in [0.3, 0.4) is 0 Å². The molecule has 19 heavy (non-hydrogen) atoms. The Morgan fingerprint density at radius 3 is 2.84 bits per heavy atom. The molecule has 1 N–H and O–H groups in total. The number of nitrogens with zero attached hydrogens (tertiary/aromatic N) is 3. The van der Waals surface area contributed by atoms with E-state index in [-0.39, 0.29) is 5.91 Å². The highest BCUT2D eigenvalue weighted by atomic mass is 16.5. The average molecular weight is 260 g/mol. The SMILES string of the molecule is CCCc1noc(CCC(=O)Nc2ccncc2)n1. The quantitative estimate of drug-likeness (QED) is 0.859. The molecule has 0 aromatic carbocycles. The molecular formula is C13H16N4O2. The van der Waals surface area contributed by atoms with Crippen LogP contribution in [-0.2, 0) is 17.6 Å². The fourth-order valence-corrected chi connectivity index (χ4v) is 1.60. The second-order valence-corrected chi connectivity index (χ2v) is 4.14. The van der Waals surface area contributed by atoms with Crippen molar-refractivity contribution < 1.29 is 9.32 Å². The van der Waals surface area contributed by atoms with Crippen molar-refractivity contribution in [3.05, 3.63) is 36.2 Å². The molecule has 2 rings (SSSR count). The van der Waals surface area contributed by atoms with Crippen LogP contribution in [0.1, 0.15) is 31.5 Å². The van der Waals surface area contributed by atoms with Gasteiger partial charge in [0.15, 0.2) is 5.82 Å². The van der Waals surface area contributed by atoms with E-state index in [9.17, 15) is 4.79 Å². The van der Waals surface area contributed by atoms with Gasteiger partial charge < -0.3 is 9.84 Å². The van der Waals surface area contributed by atoms with Crippen LogP contribution >= 0.6 is 0 Å². The average Bonchev–Trinajstić information content (AvgIpc) is 2.86. The number of rotatable bonds is 6. The molecule has 0 saturated heterocycles. The zero-order valence-corrected chi connectivity index (χ0v) is 10.8. The van der Waals surface area contributed by atoms with Crippen LogP contribution in [0.5, 0.6) is 0 Å². The molecule has 0 bridgehead atoms. The molecule has 100 valence electrons. The van der Waals surface area contributed by atoms with Gasteiger partial charge in [-0.15, -0.1) is 0 Å². The van der Waals surface area contributed by atoms with Crippen molar-refractivity contribution in [1.82, 2.24) is 15.1 Å². The minimum atomic E-state index is -0.0820. The molecule has 6 heteroatoms. The fourth-order valence-electron chi connectivity index (χ4n) is 1.60. The van der Waals surface area contributed by atoms with Gasteiger partial charge >= 0.3 is 0 Å². The highest BCUT2D eigenvalue weighted by Crippen LogP contribution is 2.06. The lowest BCUT2D eigenvalue weighted by atomic mass is 10.3. The summed E-state index contributed by atoms with van der Waals surface area (Å²) in [7, 11) is 0. The van der Waals surface area contributed by atoms with E-state index in [4.69, 9.17) is 4.52 Å². The first-order valence-corrected chi connectivity index (χ1v) is 6.29. The van der Waals surface area contributed by atoms with E-state index in [0.29, 0.717) is 24.6 Å². The van der Waals surface area contributed by atoms with Crippen LogP contribution in [0.2, 0.25) is 0 Å². The molecule has 2 heterocycles. The first kappa shape index (κ1) is 13.2. The smallest absolute Gasteiger partial charge is 0.227 e. The van der Waals surface area contributed by atoms with Crippen LogP contribution < -0.4 is 5.32 Å². The number of amides is 1. The maximum atomic E-state index is 11.7. The van der Waals surface area contributed by atoms with E-state index < -0.39 is 0 Å². The molecule has 2 aromatic rings. The summed E-state index contributed by atoms with van der Waals surface area (Å²) in [6, 6.07) is 3.48. The van der Waals surface area contributed by atoms with Gasteiger partial charge in [-0.25, -0.2) is 0 Å². The third kappa shape index (κ3) is 4.17. The summed E-state index contributed by atoms with van der Waals surface area (Å²) in [5.74, 6) is 1.13. The molecule has 0 fully saturated rings. The number of aryl methyl sites for hydroxylation is 2. The van der Waals surface area contributed by atoms with E-state index in [0.717, 1.165) is 18.5 Å². The predicted molar refractivity (Wildman–Crippen MR) is 69.5 cm³/mol. The highest BCUT2D eigenvalue weighted by Gasteiger charge is 2.08. The van der Waals surface area contributed by atoms with Gasteiger partial charge in [0.05, 0.1) is 0 Å². The van der Waals surface area contributed by atoms with Crippen LogP contribution in [0.15, 0.2) is 29.0 Å². The largest absolute Gasteiger partial charge is 0.339 e. The highest BCUT2D eigenvalue weighted by molar-refractivity contribution is 5.90. The van der Waals surface area contributed by atoms with Crippen molar-refractivity contribution in [2.45, 2.75) is 32.6 Å². The van der Waals surface area contributed by atoms with Gasteiger partial charge in [0.2, 0.25) is 11.8 Å². The maximum Gasteiger partial charge on any atom is 0.227 e. The Bertz CT molecular complexity index is 524. The number of aromatic nitrogens is 3. The number of nitrogens with one attached hydrogen (secondary N) is 1. The number of pyridine rings is 1. The van der Waals surface area contributed by atoms with Crippen LogP contribution in [0.4, 0.5) is 5.69 Å². The van der Waals surface area contributed by atoms with Crippen molar-refractivity contribution in [3.8, 4) is 0 Å². The Kier molecular flexibility index (Phi) is 4.60. The molecule has 0 radical (unpaired) electrons. The Hall–Kier alpha value is -2.24. The zero-order valence-electron chi connectivity index (χ0n) is 10.8. The topological polar surface area (TPSA) is 80.9 Å². The fraction of sp³-hybridized carbons (Fsp3) is 0.385. The van der Waals surface area contributed by atoms with Crippen molar-refractivity contribution in [1.29, 1.82) is 0 Å². The van der Waals surface area contributed by atoms with Crippen molar-refractivity contribution >= 4 is 11.6 Å². The van der Waals surface area contributed by atoms with Crippen molar-refractivity contribution in [2.24, 2.45) is 0 Å². The van der Waals surface area contributed by atoms with Gasteiger partial charge in [0.1, 0.15) is 0 Å². The number of anilines is 1. The van der Waals surface area contributed by atoms with E-state index in [1.165, 1.54) is 0 Å². The number of hydrogen-bond acceptors (Lipinski definition) is 5. The summed E-state index contributed by atoms with van der Waals surface area (Å²) in [5, 5.41) is 6.62. The van der Waals surface area contributed by atoms with Gasteiger partial charge in [-0.05, 0) is 18.6 Å². The van der Waals surface area contributed by atoms with E-state index in [1.54, 1.807) is 24.5 Å². The summed E-state index contributed by atoms with van der Waals surface area (Å²) < 4.78 is 5.07. The Morgan fingerprint density at radius 2 is 2.11 bits per heavy atom. The molecule has 1 amide bonds. The summed E-state index contributed by atoms with van der Waals surface area (Å²) in [6.45, 7) is 2.05. The lowest BCUT2D eigenvalue weighted by Crippen LogP contribution is -2.12. The van der Waals surface area contributed by atoms with Crippen LogP contribution in [-0.4, -0.2) is 21.0 Å². The lowest BCUT2D eigenvalue weighted by Gasteiger charge is -2.02. The maximum absolute atomic E-state index is 11.7. The number of carbonyl (C=O) groups is 1. The molecule has 0 aliphatic rings. The second kappa shape index (κ2) is 6.63. The van der Waals surface area contributed by atoms with Gasteiger partial charge in [-0.1, -0.05) is 12.1 Å². The molecule has 0 atom stereocenters. The normalized spacial score (nSPS) is 10.4. The van der Waals surface area contributed by atoms with Gasteiger partial charge in [0, 0.05) is 37.3 Å². The molecular weight excluding hydrogens is 244 g/mol. The van der Waals surface area contributed by atoms with E-state index in [2.05, 4.69) is 27.4 Å². The zero-order chi connectivity index (χ0) is 13.5. The second-order valence-electron chi connectivity index (χ2n) is 4.14. The van der Waals surface area contributed by atoms with Crippen molar-refractivity contribution in [2.75, 3.05) is 5.32 Å². The molecule has 0 unspecified atom stereocenters. The van der Waals surface area contributed by atoms with Gasteiger partial charge in [-0.3, -0.25) is 9.78 Å². The van der Waals surface area contributed by atoms with Gasteiger partial charge in [-0.2, -0.15) is 4.98 Å². The van der Waals surface area contributed by atoms with Crippen molar-refractivity contribution in [3.63, 3.8) is 0 Å². The minimum Gasteiger partial charge on any atom is -0.339 e. The summed E-state index contributed by atoms with van der Waals surface area (Å²) in [4.78, 5) is 19.8. The molecule has 0 spiro atoms.